The van der Waals surface area contributed by atoms with E-state index in [1.807, 2.05) is 4.90 Å². The van der Waals surface area contributed by atoms with E-state index in [1.54, 1.807) is 12.1 Å². The van der Waals surface area contributed by atoms with Gasteiger partial charge in [0.15, 0.2) is 5.15 Å². The zero-order valence-corrected chi connectivity index (χ0v) is 10.3. The molecule has 1 aromatic heterocycles. The number of halogens is 1. The summed E-state index contributed by atoms with van der Waals surface area (Å²) >= 11 is 5.62. The van der Waals surface area contributed by atoms with E-state index in [4.69, 9.17) is 11.6 Å². The van der Waals surface area contributed by atoms with Crippen LogP contribution >= 0.6 is 11.6 Å². The van der Waals surface area contributed by atoms with Crippen LogP contribution < -0.4 is 5.32 Å². The van der Waals surface area contributed by atoms with Gasteiger partial charge in [0, 0.05) is 26.1 Å². The molecule has 0 unspecified atom stereocenters. The highest BCUT2D eigenvalue weighted by Crippen LogP contribution is 2.09. The molecule has 0 aromatic carbocycles. The zero-order chi connectivity index (χ0) is 12.1. The van der Waals surface area contributed by atoms with Gasteiger partial charge in [-0.15, -0.1) is 10.2 Å². The summed E-state index contributed by atoms with van der Waals surface area (Å²) in [7, 11) is 0. The van der Waals surface area contributed by atoms with Crippen LogP contribution in [-0.2, 0) is 4.79 Å². The molecule has 1 fully saturated rings. The summed E-state index contributed by atoms with van der Waals surface area (Å²) in [5.74, 6) is 0.848. The highest BCUT2D eigenvalue weighted by atomic mass is 35.5. The van der Waals surface area contributed by atoms with Gasteiger partial charge in [-0.1, -0.05) is 11.6 Å². The Kier molecular flexibility index (Phi) is 4.14. The number of likely N-dealkylation sites (tertiary alicyclic amines) is 1. The largest absolute Gasteiger partial charge is 0.368 e. The molecule has 2 heterocycles. The van der Waals surface area contributed by atoms with Crippen LogP contribution in [-0.4, -0.2) is 40.6 Å². The van der Waals surface area contributed by atoms with Gasteiger partial charge in [0.1, 0.15) is 5.82 Å². The van der Waals surface area contributed by atoms with Gasteiger partial charge in [0.05, 0.1) is 0 Å². The number of hydrogen-bond donors (Lipinski definition) is 1. The predicted molar refractivity (Wildman–Crippen MR) is 66.0 cm³/mol. The molecule has 1 amide bonds. The molecule has 1 saturated heterocycles. The summed E-state index contributed by atoms with van der Waals surface area (Å²) in [6.07, 6.45) is 2.74. The molecule has 0 atom stereocenters. The lowest BCUT2D eigenvalue weighted by atomic mass is 10.3. The molecule has 1 N–H and O–H groups in total. The highest BCUT2D eigenvalue weighted by Gasteiger charge is 2.16. The first kappa shape index (κ1) is 12.1. The van der Waals surface area contributed by atoms with E-state index < -0.39 is 0 Å². The lowest BCUT2D eigenvalue weighted by molar-refractivity contribution is -0.129. The Morgan fingerprint density at radius 2 is 2.12 bits per heavy atom. The van der Waals surface area contributed by atoms with Gasteiger partial charge < -0.3 is 10.2 Å². The number of carbonyl (C=O) groups excluding carboxylic acids is 1. The second-order valence-electron chi connectivity index (χ2n) is 4.01. The fourth-order valence-electron chi connectivity index (χ4n) is 1.83. The molecule has 0 radical (unpaired) electrons. The second kappa shape index (κ2) is 5.82. The molecule has 1 aromatic rings. The van der Waals surface area contributed by atoms with Crippen molar-refractivity contribution in [3.8, 4) is 0 Å². The van der Waals surface area contributed by atoms with Gasteiger partial charge in [0.2, 0.25) is 5.91 Å². The fraction of sp³-hybridized carbons (Fsp3) is 0.545. The van der Waals surface area contributed by atoms with Gasteiger partial charge >= 0.3 is 0 Å². The van der Waals surface area contributed by atoms with Crippen molar-refractivity contribution in [1.82, 2.24) is 15.1 Å². The van der Waals surface area contributed by atoms with E-state index in [-0.39, 0.29) is 5.91 Å². The van der Waals surface area contributed by atoms with E-state index in [1.165, 1.54) is 0 Å². The Bertz CT molecular complexity index is 376. The SMILES string of the molecule is O=C(CCNc1ccc(Cl)nn1)N1CCCC1. The van der Waals surface area contributed by atoms with Crippen LogP contribution in [0.25, 0.3) is 0 Å². The van der Waals surface area contributed by atoms with Crippen molar-refractivity contribution < 1.29 is 4.79 Å². The number of amides is 1. The summed E-state index contributed by atoms with van der Waals surface area (Å²) in [6, 6.07) is 3.41. The fourth-order valence-corrected chi connectivity index (χ4v) is 1.93. The van der Waals surface area contributed by atoms with E-state index in [9.17, 15) is 4.79 Å². The maximum absolute atomic E-state index is 11.7. The Balaban J connectivity index is 1.72. The third-order valence-electron chi connectivity index (χ3n) is 2.74. The van der Waals surface area contributed by atoms with E-state index in [2.05, 4.69) is 15.5 Å². The van der Waals surface area contributed by atoms with Crippen LogP contribution in [0.3, 0.4) is 0 Å². The molecule has 17 heavy (non-hydrogen) atoms. The summed E-state index contributed by atoms with van der Waals surface area (Å²) in [5, 5.41) is 11.0. The molecule has 5 nitrogen and oxygen atoms in total. The third kappa shape index (κ3) is 3.56. The Morgan fingerprint density at radius 1 is 1.35 bits per heavy atom. The van der Waals surface area contributed by atoms with Crippen molar-refractivity contribution in [2.24, 2.45) is 0 Å². The third-order valence-corrected chi connectivity index (χ3v) is 2.94. The molecule has 0 saturated carbocycles. The number of nitrogens with zero attached hydrogens (tertiary/aromatic N) is 3. The van der Waals surface area contributed by atoms with Crippen molar-refractivity contribution in [1.29, 1.82) is 0 Å². The second-order valence-corrected chi connectivity index (χ2v) is 4.39. The van der Waals surface area contributed by atoms with Crippen LogP contribution in [0.4, 0.5) is 5.82 Å². The van der Waals surface area contributed by atoms with Crippen molar-refractivity contribution in [3.05, 3.63) is 17.3 Å². The summed E-state index contributed by atoms with van der Waals surface area (Å²) in [5.41, 5.74) is 0. The van der Waals surface area contributed by atoms with Gasteiger partial charge in [-0.25, -0.2) is 0 Å². The molecule has 0 spiro atoms. The number of aromatic nitrogens is 2. The molecule has 1 aliphatic rings. The first-order valence-corrected chi connectivity index (χ1v) is 6.14. The molecule has 0 bridgehead atoms. The molecule has 1 aliphatic heterocycles. The van der Waals surface area contributed by atoms with Crippen LogP contribution in [0.2, 0.25) is 5.15 Å². The van der Waals surface area contributed by atoms with E-state index in [0.717, 1.165) is 25.9 Å². The van der Waals surface area contributed by atoms with E-state index in [0.29, 0.717) is 23.9 Å². The first-order valence-electron chi connectivity index (χ1n) is 5.76. The smallest absolute Gasteiger partial charge is 0.224 e. The average molecular weight is 255 g/mol. The molecule has 0 aliphatic carbocycles. The Morgan fingerprint density at radius 3 is 2.76 bits per heavy atom. The minimum Gasteiger partial charge on any atom is -0.368 e. The minimum absolute atomic E-state index is 0.205. The van der Waals surface area contributed by atoms with Crippen LogP contribution in [0.5, 0.6) is 0 Å². The van der Waals surface area contributed by atoms with Gasteiger partial charge in [-0.2, -0.15) is 0 Å². The van der Waals surface area contributed by atoms with Gasteiger partial charge in [0.25, 0.3) is 0 Å². The summed E-state index contributed by atoms with van der Waals surface area (Å²) in [6.45, 7) is 2.38. The van der Waals surface area contributed by atoms with Crippen LogP contribution in [0.1, 0.15) is 19.3 Å². The van der Waals surface area contributed by atoms with Crippen molar-refractivity contribution in [3.63, 3.8) is 0 Å². The average Bonchev–Trinajstić information content (AvgIpc) is 2.85. The maximum Gasteiger partial charge on any atom is 0.224 e. The minimum atomic E-state index is 0.205. The zero-order valence-electron chi connectivity index (χ0n) is 9.53. The highest BCUT2D eigenvalue weighted by molar-refractivity contribution is 6.29. The standard InChI is InChI=1S/C11H15ClN4O/c12-9-3-4-10(15-14-9)13-6-5-11(17)16-7-1-2-8-16/h3-4H,1-2,5-8H2,(H,13,15). The predicted octanol–water partition coefficient (Wildman–Crippen LogP) is 1.55. The van der Waals surface area contributed by atoms with Crippen LogP contribution in [0, 0.1) is 0 Å². The van der Waals surface area contributed by atoms with Crippen molar-refractivity contribution in [2.75, 3.05) is 25.0 Å². The lowest BCUT2D eigenvalue weighted by Gasteiger charge is -2.15. The Hall–Kier alpha value is -1.36. The quantitative estimate of drug-likeness (QED) is 0.886. The van der Waals surface area contributed by atoms with Crippen molar-refractivity contribution in [2.45, 2.75) is 19.3 Å². The Labute approximate surface area is 105 Å². The van der Waals surface area contributed by atoms with Crippen LogP contribution in [0.15, 0.2) is 12.1 Å². The first-order chi connectivity index (χ1) is 8.25. The van der Waals surface area contributed by atoms with Crippen molar-refractivity contribution >= 4 is 23.3 Å². The molecular weight excluding hydrogens is 240 g/mol. The molecule has 6 heteroatoms. The number of nitrogens with one attached hydrogen (secondary N) is 1. The number of anilines is 1. The topological polar surface area (TPSA) is 58.1 Å². The lowest BCUT2D eigenvalue weighted by Crippen LogP contribution is -2.29. The molecular formula is C11H15ClN4O. The monoisotopic (exact) mass is 254 g/mol. The molecule has 92 valence electrons. The van der Waals surface area contributed by atoms with Gasteiger partial charge in [-0.3, -0.25) is 4.79 Å². The normalized spacial score (nSPS) is 15.0. The van der Waals surface area contributed by atoms with E-state index >= 15 is 0 Å². The number of hydrogen-bond acceptors (Lipinski definition) is 4. The maximum atomic E-state index is 11.7. The number of rotatable bonds is 4. The van der Waals surface area contributed by atoms with Gasteiger partial charge in [-0.05, 0) is 25.0 Å². The summed E-state index contributed by atoms with van der Waals surface area (Å²) in [4.78, 5) is 13.6. The number of carbonyl (C=O) groups is 1. The summed E-state index contributed by atoms with van der Waals surface area (Å²) < 4.78 is 0. The molecule has 2 rings (SSSR count).